The van der Waals surface area contributed by atoms with Crippen LogP contribution in [-0.2, 0) is 6.61 Å². The van der Waals surface area contributed by atoms with E-state index in [-0.39, 0.29) is 17.7 Å². The zero-order chi connectivity index (χ0) is 16.2. The number of fused-ring (bicyclic) bond motifs is 4. The number of ether oxygens (including phenoxy) is 1. The van der Waals surface area contributed by atoms with Crippen LogP contribution in [0.15, 0.2) is 39.7 Å². The number of aliphatic hydroxyl groups excluding tert-OH is 1. The topological polar surface area (TPSA) is 72.6 Å². The van der Waals surface area contributed by atoms with Gasteiger partial charge in [-0.2, -0.15) is 0 Å². The van der Waals surface area contributed by atoms with Crippen molar-refractivity contribution in [2.24, 2.45) is 0 Å². The van der Waals surface area contributed by atoms with E-state index >= 15 is 0 Å². The molecule has 23 heavy (non-hydrogen) atoms. The quantitative estimate of drug-likeness (QED) is 0.700. The summed E-state index contributed by atoms with van der Waals surface area (Å²) in [4.78, 5) is 16.9. The molecular formula is C18H15NO4. The number of aromatic nitrogens is 1. The van der Waals surface area contributed by atoms with Crippen LogP contribution in [0.1, 0.15) is 25.0 Å². The number of hydrogen-bond acceptors (Lipinski definition) is 5. The lowest BCUT2D eigenvalue weighted by atomic mass is 9.97. The molecule has 1 aliphatic heterocycles. The summed E-state index contributed by atoms with van der Waals surface area (Å²) in [7, 11) is 0. The molecule has 0 saturated carbocycles. The van der Waals surface area contributed by atoms with Gasteiger partial charge in [-0.05, 0) is 49.8 Å². The lowest BCUT2D eigenvalue weighted by Crippen LogP contribution is -2.27. The third-order valence-electron chi connectivity index (χ3n) is 4.00. The van der Waals surface area contributed by atoms with Crippen molar-refractivity contribution in [1.82, 2.24) is 4.98 Å². The van der Waals surface area contributed by atoms with E-state index in [1.54, 1.807) is 24.4 Å². The maximum atomic E-state index is 12.8. The maximum Gasteiger partial charge on any atom is 0.230 e. The van der Waals surface area contributed by atoms with Crippen LogP contribution >= 0.6 is 0 Å². The Labute approximate surface area is 131 Å². The summed E-state index contributed by atoms with van der Waals surface area (Å²) in [5.74, 6) is 0.590. The smallest absolute Gasteiger partial charge is 0.230 e. The molecule has 3 aromatic rings. The number of benzene rings is 1. The van der Waals surface area contributed by atoms with Crippen molar-refractivity contribution in [2.75, 3.05) is 0 Å². The molecule has 0 bridgehead atoms. The van der Waals surface area contributed by atoms with Crippen LogP contribution in [0.25, 0.3) is 28.1 Å². The van der Waals surface area contributed by atoms with Gasteiger partial charge in [-0.3, -0.25) is 4.79 Å². The van der Waals surface area contributed by atoms with E-state index in [0.717, 1.165) is 0 Å². The molecule has 0 radical (unpaired) electrons. The fourth-order valence-electron chi connectivity index (χ4n) is 2.90. The third-order valence-corrected chi connectivity index (χ3v) is 4.00. The van der Waals surface area contributed by atoms with E-state index in [1.165, 1.54) is 0 Å². The highest BCUT2D eigenvalue weighted by molar-refractivity contribution is 5.96. The van der Waals surface area contributed by atoms with Crippen LogP contribution in [-0.4, -0.2) is 15.7 Å². The van der Waals surface area contributed by atoms with Gasteiger partial charge >= 0.3 is 0 Å². The number of hydrogen-bond donors (Lipinski definition) is 1. The Kier molecular flexibility index (Phi) is 2.83. The molecule has 0 fully saturated rings. The fraction of sp³-hybridized carbons (Fsp3) is 0.222. The highest BCUT2D eigenvalue weighted by atomic mass is 16.5. The Balaban J connectivity index is 2.20. The van der Waals surface area contributed by atoms with Crippen LogP contribution in [0.3, 0.4) is 0 Å². The van der Waals surface area contributed by atoms with Gasteiger partial charge in [0.15, 0.2) is 5.58 Å². The summed E-state index contributed by atoms with van der Waals surface area (Å²) < 4.78 is 11.8. The van der Waals surface area contributed by atoms with Crippen molar-refractivity contribution in [3.63, 3.8) is 0 Å². The highest BCUT2D eigenvalue weighted by Crippen LogP contribution is 2.37. The Morgan fingerprint density at radius 3 is 2.96 bits per heavy atom. The van der Waals surface area contributed by atoms with E-state index in [4.69, 9.17) is 9.15 Å². The molecule has 3 heterocycles. The van der Waals surface area contributed by atoms with Crippen molar-refractivity contribution in [3.05, 3.63) is 51.8 Å². The zero-order valence-electron chi connectivity index (χ0n) is 12.8. The van der Waals surface area contributed by atoms with Gasteiger partial charge < -0.3 is 14.3 Å². The third kappa shape index (κ3) is 2.04. The van der Waals surface area contributed by atoms with Crippen LogP contribution in [0.4, 0.5) is 0 Å². The number of pyridine rings is 1. The van der Waals surface area contributed by atoms with Gasteiger partial charge in [0.05, 0.1) is 22.9 Å². The van der Waals surface area contributed by atoms with E-state index in [1.807, 2.05) is 26.0 Å². The van der Waals surface area contributed by atoms with Crippen LogP contribution in [0, 0.1) is 0 Å². The molecule has 1 aromatic carbocycles. The van der Waals surface area contributed by atoms with Crippen LogP contribution < -0.4 is 10.2 Å². The fourth-order valence-corrected chi connectivity index (χ4v) is 2.90. The predicted octanol–water partition coefficient (Wildman–Crippen LogP) is 3.02. The van der Waals surface area contributed by atoms with Gasteiger partial charge in [0.25, 0.3) is 0 Å². The average molecular weight is 309 g/mol. The van der Waals surface area contributed by atoms with Gasteiger partial charge in [0.1, 0.15) is 11.4 Å². The second-order valence-corrected chi connectivity index (χ2v) is 6.14. The number of rotatable bonds is 1. The standard InChI is InChI=1S/C18H15NO4/c1-18(2)6-5-11-13(23-18)8-10(9-20)14-15(21)12-4-3-7-19-17(12)22-16(11)14/h3-8,20H,9H2,1-2H3. The first kappa shape index (κ1) is 14.0. The largest absolute Gasteiger partial charge is 0.483 e. The van der Waals surface area contributed by atoms with Gasteiger partial charge in [-0.25, -0.2) is 4.98 Å². The summed E-state index contributed by atoms with van der Waals surface area (Å²) in [6.45, 7) is 3.61. The molecule has 0 spiro atoms. The van der Waals surface area contributed by atoms with E-state index in [2.05, 4.69) is 4.98 Å². The summed E-state index contributed by atoms with van der Waals surface area (Å²) in [6.07, 6.45) is 5.38. The van der Waals surface area contributed by atoms with Gasteiger partial charge in [0, 0.05) is 6.20 Å². The molecule has 0 amide bonds. The molecule has 5 nitrogen and oxygen atoms in total. The van der Waals surface area contributed by atoms with E-state index in [9.17, 15) is 9.90 Å². The molecule has 0 saturated heterocycles. The first-order chi connectivity index (χ1) is 11.0. The molecule has 0 aliphatic carbocycles. The predicted molar refractivity (Wildman–Crippen MR) is 87.4 cm³/mol. The summed E-state index contributed by atoms with van der Waals surface area (Å²) in [6, 6.07) is 5.07. The SMILES string of the molecule is CC1(C)C=Cc2c(cc(CO)c3c(=O)c4cccnc4oc23)O1. The van der Waals surface area contributed by atoms with Crippen molar-refractivity contribution >= 4 is 28.1 Å². The van der Waals surface area contributed by atoms with Crippen LogP contribution in [0.5, 0.6) is 5.75 Å². The Morgan fingerprint density at radius 1 is 1.35 bits per heavy atom. The summed E-state index contributed by atoms with van der Waals surface area (Å²) >= 11 is 0. The maximum absolute atomic E-state index is 12.8. The van der Waals surface area contributed by atoms with Crippen LogP contribution in [0.2, 0.25) is 0 Å². The monoisotopic (exact) mass is 309 g/mol. The molecule has 2 aromatic heterocycles. The molecule has 5 heteroatoms. The Hall–Kier alpha value is -2.66. The highest BCUT2D eigenvalue weighted by Gasteiger charge is 2.26. The molecule has 116 valence electrons. The normalized spacial score (nSPS) is 15.6. The molecule has 1 N–H and O–H groups in total. The lowest BCUT2D eigenvalue weighted by Gasteiger charge is -2.28. The van der Waals surface area contributed by atoms with Gasteiger partial charge in [-0.15, -0.1) is 0 Å². The second-order valence-electron chi connectivity index (χ2n) is 6.14. The van der Waals surface area contributed by atoms with Crippen molar-refractivity contribution in [2.45, 2.75) is 26.1 Å². The first-order valence-corrected chi connectivity index (χ1v) is 7.37. The van der Waals surface area contributed by atoms with Gasteiger partial charge in [-0.1, -0.05) is 0 Å². The summed E-state index contributed by atoms with van der Waals surface area (Å²) in [5.41, 5.74) is 1.21. The minimum absolute atomic E-state index is 0.195. The Morgan fingerprint density at radius 2 is 2.17 bits per heavy atom. The average Bonchev–Trinajstić information content (AvgIpc) is 2.53. The van der Waals surface area contributed by atoms with E-state index in [0.29, 0.717) is 33.2 Å². The van der Waals surface area contributed by atoms with Gasteiger partial charge in [0.2, 0.25) is 11.1 Å². The minimum Gasteiger partial charge on any atom is -0.483 e. The Bertz CT molecular complexity index is 1030. The summed E-state index contributed by atoms with van der Waals surface area (Å²) in [5, 5.41) is 10.5. The molecule has 1 aliphatic rings. The van der Waals surface area contributed by atoms with Crippen molar-refractivity contribution < 1.29 is 14.3 Å². The minimum atomic E-state index is -0.456. The zero-order valence-corrected chi connectivity index (χ0v) is 12.8. The number of nitrogens with zero attached hydrogens (tertiary/aromatic N) is 1. The first-order valence-electron chi connectivity index (χ1n) is 7.37. The lowest BCUT2D eigenvalue weighted by molar-refractivity contribution is 0.158. The molecule has 0 atom stereocenters. The van der Waals surface area contributed by atoms with Crippen molar-refractivity contribution in [1.29, 1.82) is 0 Å². The molecule has 4 rings (SSSR count). The molecular weight excluding hydrogens is 294 g/mol. The van der Waals surface area contributed by atoms with Crippen molar-refractivity contribution in [3.8, 4) is 5.75 Å². The molecule has 0 unspecified atom stereocenters. The van der Waals surface area contributed by atoms with E-state index < -0.39 is 5.60 Å². The second kappa shape index (κ2) is 4.67. The number of aliphatic hydroxyl groups is 1.